The van der Waals surface area contributed by atoms with E-state index in [1.165, 1.54) is 32.1 Å². The predicted octanol–water partition coefficient (Wildman–Crippen LogP) is 3.11. The number of carboxylic acid groups (broad SMARTS) is 1. The minimum absolute atomic E-state index is 0.0370. The quantitative estimate of drug-likeness (QED) is 0.813. The highest BCUT2D eigenvalue weighted by atomic mass is 16.4. The van der Waals surface area contributed by atoms with Gasteiger partial charge in [-0.15, -0.1) is 0 Å². The van der Waals surface area contributed by atoms with Gasteiger partial charge in [0.05, 0.1) is 5.41 Å². The van der Waals surface area contributed by atoms with Gasteiger partial charge in [0.15, 0.2) is 0 Å². The van der Waals surface area contributed by atoms with Crippen LogP contribution in [0.5, 0.6) is 0 Å². The van der Waals surface area contributed by atoms with Crippen LogP contribution >= 0.6 is 0 Å². The zero-order valence-electron chi connectivity index (χ0n) is 12.5. The van der Waals surface area contributed by atoms with Gasteiger partial charge < -0.3 is 10.4 Å². The molecule has 114 valence electrons. The third-order valence-corrected chi connectivity index (χ3v) is 5.29. The summed E-state index contributed by atoms with van der Waals surface area (Å²) in [5, 5.41) is 12.3. The lowest BCUT2D eigenvalue weighted by Crippen LogP contribution is -2.47. The Labute approximate surface area is 121 Å². The van der Waals surface area contributed by atoms with E-state index in [0.29, 0.717) is 18.8 Å². The van der Waals surface area contributed by atoms with E-state index >= 15 is 0 Å². The smallest absolute Gasteiger partial charge is 0.311 e. The van der Waals surface area contributed by atoms with Crippen molar-refractivity contribution in [3.8, 4) is 0 Å². The lowest BCUT2D eigenvalue weighted by molar-refractivity contribution is -0.149. The van der Waals surface area contributed by atoms with Crippen LogP contribution in [0.2, 0.25) is 0 Å². The molecule has 2 atom stereocenters. The molecule has 0 heterocycles. The molecule has 0 aromatic heterocycles. The normalized spacial score (nSPS) is 31.1. The first-order chi connectivity index (χ1) is 9.52. The summed E-state index contributed by atoms with van der Waals surface area (Å²) in [5.74, 6) is -0.0496. The molecule has 2 N–H and O–H groups in total. The molecule has 2 rings (SSSR count). The molecule has 20 heavy (non-hydrogen) atoms. The van der Waals surface area contributed by atoms with Crippen molar-refractivity contribution in [1.82, 2.24) is 5.32 Å². The van der Waals surface area contributed by atoms with E-state index in [1.807, 2.05) is 0 Å². The van der Waals surface area contributed by atoms with Crippen molar-refractivity contribution in [3.63, 3.8) is 0 Å². The van der Waals surface area contributed by atoms with Gasteiger partial charge in [-0.2, -0.15) is 0 Å². The molecule has 0 aromatic carbocycles. The number of carbonyl (C=O) groups excluding carboxylic acids is 1. The highest BCUT2D eigenvalue weighted by Gasteiger charge is 2.45. The fourth-order valence-corrected chi connectivity index (χ4v) is 3.73. The van der Waals surface area contributed by atoms with E-state index in [1.54, 1.807) is 6.92 Å². The molecule has 0 spiro atoms. The van der Waals surface area contributed by atoms with Gasteiger partial charge in [-0.3, -0.25) is 9.59 Å². The van der Waals surface area contributed by atoms with Crippen molar-refractivity contribution in [3.05, 3.63) is 0 Å². The monoisotopic (exact) mass is 281 g/mol. The zero-order valence-corrected chi connectivity index (χ0v) is 12.5. The molecule has 0 aromatic rings. The summed E-state index contributed by atoms with van der Waals surface area (Å²) in [7, 11) is 0. The van der Waals surface area contributed by atoms with E-state index in [0.717, 1.165) is 19.3 Å². The zero-order chi connectivity index (χ0) is 14.6. The second-order valence-electron chi connectivity index (χ2n) is 6.78. The lowest BCUT2D eigenvalue weighted by atomic mass is 9.84. The van der Waals surface area contributed by atoms with Crippen molar-refractivity contribution in [1.29, 1.82) is 0 Å². The Morgan fingerprint density at radius 2 is 1.85 bits per heavy atom. The van der Waals surface area contributed by atoms with Gasteiger partial charge >= 0.3 is 5.97 Å². The summed E-state index contributed by atoms with van der Waals surface area (Å²) in [6.45, 7) is 1.76. The van der Waals surface area contributed by atoms with Crippen LogP contribution in [0.4, 0.5) is 0 Å². The SMILES string of the molecule is CC1(C(=O)O)CCCC1NC(=O)CCC1CCCCC1. The van der Waals surface area contributed by atoms with E-state index in [4.69, 9.17) is 0 Å². The summed E-state index contributed by atoms with van der Waals surface area (Å²) in [4.78, 5) is 23.4. The van der Waals surface area contributed by atoms with E-state index in [9.17, 15) is 14.7 Å². The molecule has 0 saturated heterocycles. The second kappa shape index (κ2) is 6.59. The third kappa shape index (κ3) is 3.53. The standard InChI is InChI=1S/C16H27NO3/c1-16(15(19)20)11-5-8-13(16)17-14(18)10-9-12-6-3-2-4-7-12/h12-13H,2-11H2,1H3,(H,17,18)(H,19,20). The number of carboxylic acids is 1. The third-order valence-electron chi connectivity index (χ3n) is 5.29. The Kier molecular flexibility index (Phi) is 5.06. The lowest BCUT2D eigenvalue weighted by Gasteiger charge is -2.28. The van der Waals surface area contributed by atoms with Crippen molar-refractivity contribution in [2.24, 2.45) is 11.3 Å². The molecule has 4 nitrogen and oxygen atoms in total. The van der Waals surface area contributed by atoms with Crippen LogP contribution < -0.4 is 5.32 Å². The molecule has 0 aliphatic heterocycles. The van der Waals surface area contributed by atoms with Crippen LogP contribution in [0.25, 0.3) is 0 Å². The Balaban J connectivity index is 1.77. The molecule has 1 amide bonds. The highest BCUT2D eigenvalue weighted by molar-refractivity contribution is 5.80. The minimum Gasteiger partial charge on any atom is -0.481 e. The molecule has 2 aliphatic carbocycles. The van der Waals surface area contributed by atoms with Gasteiger partial charge in [0.1, 0.15) is 0 Å². The summed E-state index contributed by atoms with van der Waals surface area (Å²) in [6.07, 6.45) is 10.3. The van der Waals surface area contributed by atoms with Gasteiger partial charge in [0.2, 0.25) is 5.91 Å². The molecule has 2 saturated carbocycles. The Morgan fingerprint density at radius 3 is 2.50 bits per heavy atom. The fourth-order valence-electron chi connectivity index (χ4n) is 3.73. The van der Waals surface area contributed by atoms with E-state index in [2.05, 4.69) is 5.32 Å². The molecule has 4 heteroatoms. The molecular formula is C16H27NO3. The van der Waals surface area contributed by atoms with Crippen molar-refractivity contribution >= 4 is 11.9 Å². The Bertz CT molecular complexity index is 363. The number of carbonyl (C=O) groups is 2. The molecule has 2 aliphatic rings. The summed E-state index contributed by atoms with van der Waals surface area (Å²) in [6, 6.07) is -0.196. The maximum absolute atomic E-state index is 12.0. The largest absolute Gasteiger partial charge is 0.481 e. The van der Waals surface area contributed by atoms with E-state index in [-0.39, 0.29) is 11.9 Å². The maximum atomic E-state index is 12.0. The molecule has 2 fully saturated rings. The van der Waals surface area contributed by atoms with Gasteiger partial charge in [-0.1, -0.05) is 38.5 Å². The van der Waals surface area contributed by atoms with Gasteiger partial charge in [-0.25, -0.2) is 0 Å². The minimum atomic E-state index is -0.785. The van der Waals surface area contributed by atoms with Crippen LogP contribution in [0.3, 0.4) is 0 Å². The first-order valence-corrected chi connectivity index (χ1v) is 8.05. The van der Waals surface area contributed by atoms with Crippen molar-refractivity contribution in [2.75, 3.05) is 0 Å². The molecular weight excluding hydrogens is 254 g/mol. The predicted molar refractivity (Wildman–Crippen MR) is 77.3 cm³/mol. The molecule has 2 unspecified atom stereocenters. The number of aliphatic carboxylic acids is 1. The van der Waals surface area contributed by atoms with Gasteiger partial charge in [-0.05, 0) is 32.1 Å². The van der Waals surface area contributed by atoms with E-state index < -0.39 is 11.4 Å². The average molecular weight is 281 g/mol. The maximum Gasteiger partial charge on any atom is 0.311 e. The Hall–Kier alpha value is -1.06. The van der Waals surface area contributed by atoms with Gasteiger partial charge in [0, 0.05) is 12.5 Å². The van der Waals surface area contributed by atoms with Crippen LogP contribution in [-0.4, -0.2) is 23.0 Å². The van der Waals surface area contributed by atoms with Crippen LogP contribution in [-0.2, 0) is 9.59 Å². The molecule has 0 radical (unpaired) electrons. The first-order valence-electron chi connectivity index (χ1n) is 8.05. The summed E-state index contributed by atoms with van der Waals surface area (Å²) in [5.41, 5.74) is -0.777. The Morgan fingerprint density at radius 1 is 1.15 bits per heavy atom. The van der Waals surface area contributed by atoms with Crippen molar-refractivity contribution in [2.45, 2.75) is 77.2 Å². The fraction of sp³-hybridized carbons (Fsp3) is 0.875. The first kappa shape index (κ1) is 15.3. The summed E-state index contributed by atoms with van der Waals surface area (Å²) < 4.78 is 0. The number of nitrogens with one attached hydrogen (secondary N) is 1. The van der Waals surface area contributed by atoms with Crippen LogP contribution in [0.15, 0.2) is 0 Å². The molecule has 0 bridgehead atoms. The average Bonchev–Trinajstić information content (AvgIpc) is 2.80. The van der Waals surface area contributed by atoms with Crippen molar-refractivity contribution < 1.29 is 14.7 Å². The summed E-state index contributed by atoms with van der Waals surface area (Å²) >= 11 is 0. The highest BCUT2D eigenvalue weighted by Crippen LogP contribution is 2.38. The second-order valence-corrected chi connectivity index (χ2v) is 6.78. The van der Waals surface area contributed by atoms with Gasteiger partial charge in [0.25, 0.3) is 0 Å². The number of hydrogen-bond donors (Lipinski definition) is 2. The number of amides is 1. The van der Waals surface area contributed by atoms with Crippen LogP contribution in [0.1, 0.15) is 71.1 Å². The van der Waals surface area contributed by atoms with Crippen LogP contribution in [0, 0.1) is 11.3 Å². The topological polar surface area (TPSA) is 66.4 Å². The number of rotatable bonds is 5. The number of hydrogen-bond acceptors (Lipinski definition) is 2.